The number of hydrogen-bond acceptors (Lipinski definition) is 4. The van der Waals surface area contributed by atoms with Crippen molar-refractivity contribution < 1.29 is 4.74 Å². The van der Waals surface area contributed by atoms with Gasteiger partial charge in [0.2, 0.25) is 0 Å². The second-order valence-corrected chi connectivity index (χ2v) is 8.83. The molecule has 1 aromatic heterocycles. The Morgan fingerprint density at radius 3 is 2.47 bits per heavy atom. The Morgan fingerprint density at radius 2 is 1.79 bits per heavy atom. The fraction of sp³-hybridized carbons (Fsp3) is 0.345. The maximum Gasteiger partial charge on any atom is 0.274 e. The minimum atomic E-state index is -0.0381. The Balaban J connectivity index is 1.67. The zero-order valence-corrected chi connectivity index (χ0v) is 20.7. The van der Waals surface area contributed by atoms with E-state index in [1.54, 1.807) is 4.57 Å². The van der Waals surface area contributed by atoms with E-state index in [1.165, 1.54) is 22.4 Å². The number of ether oxygens (including phenoxy) is 1. The van der Waals surface area contributed by atoms with Crippen LogP contribution in [0.25, 0.3) is 16.5 Å². The summed E-state index contributed by atoms with van der Waals surface area (Å²) in [6, 6.07) is 16.6. The highest BCUT2D eigenvalue weighted by atomic mass is 16.5. The molecule has 1 saturated heterocycles. The normalized spacial score (nSPS) is 15.1. The number of rotatable bonds is 7. The summed E-state index contributed by atoms with van der Waals surface area (Å²) in [6.45, 7) is 9.86. The van der Waals surface area contributed by atoms with Crippen molar-refractivity contribution in [1.29, 1.82) is 0 Å². The first-order valence-corrected chi connectivity index (χ1v) is 12.2. The Labute approximate surface area is 202 Å². The summed E-state index contributed by atoms with van der Waals surface area (Å²) >= 11 is 0. The van der Waals surface area contributed by atoms with Gasteiger partial charge < -0.3 is 19.5 Å². The standard InChI is InChI=1S/C29H35N3O2/c1-5-7-8-26(21(3)6-2)22-9-14-28-23(19-22)20-27(29(33)31(28)4)30-24-10-12-25(13-11-24)32-15-17-34-18-16-32/h7-14,19-20,30H,5-6,15-18H2,1-4H3/b8-7-,26-21-. The molecule has 4 rings (SSSR count). The number of nitrogens with zero attached hydrogens (tertiary/aromatic N) is 2. The van der Waals surface area contributed by atoms with Gasteiger partial charge in [-0.15, -0.1) is 0 Å². The number of hydrogen-bond donors (Lipinski definition) is 1. The average Bonchev–Trinajstić information content (AvgIpc) is 2.88. The second-order valence-electron chi connectivity index (χ2n) is 8.83. The van der Waals surface area contributed by atoms with Gasteiger partial charge in [0.05, 0.1) is 18.7 Å². The third-order valence-corrected chi connectivity index (χ3v) is 6.57. The van der Waals surface area contributed by atoms with Crippen molar-refractivity contribution in [2.24, 2.45) is 7.05 Å². The zero-order chi connectivity index (χ0) is 24.1. The molecule has 1 aliphatic heterocycles. The highest BCUT2D eigenvalue weighted by Crippen LogP contribution is 2.28. The number of aryl methyl sites for hydroxylation is 1. The molecule has 2 heterocycles. The lowest BCUT2D eigenvalue weighted by Crippen LogP contribution is -2.36. The fourth-order valence-electron chi connectivity index (χ4n) is 4.38. The van der Waals surface area contributed by atoms with Crippen LogP contribution in [0.2, 0.25) is 0 Å². The molecule has 1 N–H and O–H groups in total. The first-order valence-electron chi connectivity index (χ1n) is 12.2. The van der Waals surface area contributed by atoms with Crippen LogP contribution in [-0.2, 0) is 11.8 Å². The maximum absolute atomic E-state index is 13.1. The van der Waals surface area contributed by atoms with E-state index < -0.39 is 0 Å². The molecule has 0 radical (unpaired) electrons. The number of pyridine rings is 1. The van der Waals surface area contributed by atoms with Crippen LogP contribution in [0.15, 0.2) is 71.1 Å². The van der Waals surface area contributed by atoms with Crippen LogP contribution in [0.3, 0.4) is 0 Å². The van der Waals surface area contributed by atoms with Crippen LogP contribution in [0, 0.1) is 0 Å². The monoisotopic (exact) mass is 457 g/mol. The topological polar surface area (TPSA) is 46.5 Å². The number of benzene rings is 2. The van der Waals surface area contributed by atoms with Crippen molar-refractivity contribution >= 4 is 33.5 Å². The first kappa shape index (κ1) is 23.8. The van der Waals surface area contributed by atoms with Crippen molar-refractivity contribution in [3.05, 3.63) is 82.2 Å². The number of aromatic nitrogens is 1. The summed E-state index contributed by atoms with van der Waals surface area (Å²) in [6.07, 6.45) is 6.42. The fourth-order valence-corrected chi connectivity index (χ4v) is 4.38. The van der Waals surface area contributed by atoms with E-state index in [4.69, 9.17) is 4.74 Å². The van der Waals surface area contributed by atoms with Crippen molar-refractivity contribution in [1.82, 2.24) is 4.57 Å². The Hall–Kier alpha value is -3.31. The van der Waals surface area contributed by atoms with E-state index in [9.17, 15) is 4.79 Å². The van der Waals surface area contributed by atoms with Gasteiger partial charge in [0.15, 0.2) is 0 Å². The van der Waals surface area contributed by atoms with Crippen LogP contribution < -0.4 is 15.8 Å². The molecule has 0 amide bonds. The molecule has 2 aromatic carbocycles. The molecule has 178 valence electrons. The second kappa shape index (κ2) is 10.7. The molecular weight excluding hydrogens is 422 g/mol. The van der Waals surface area contributed by atoms with Gasteiger partial charge in [-0.2, -0.15) is 0 Å². The van der Waals surface area contributed by atoms with Gasteiger partial charge in [-0.25, -0.2) is 0 Å². The zero-order valence-electron chi connectivity index (χ0n) is 20.7. The minimum Gasteiger partial charge on any atom is -0.378 e. The number of fused-ring (bicyclic) bond motifs is 1. The highest BCUT2D eigenvalue weighted by Gasteiger charge is 2.12. The smallest absolute Gasteiger partial charge is 0.274 e. The van der Waals surface area contributed by atoms with Gasteiger partial charge in [-0.05, 0) is 73.4 Å². The predicted molar refractivity (Wildman–Crippen MR) is 144 cm³/mol. The van der Waals surface area contributed by atoms with Crippen LogP contribution in [0.4, 0.5) is 17.1 Å². The Morgan fingerprint density at radius 1 is 1.06 bits per heavy atom. The molecule has 0 unspecified atom stereocenters. The molecule has 3 aromatic rings. The molecule has 1 aliphatic rings. The molecule has 5 heteroatoms. The van der Waals surface area contributed by atoms with Gasteiger partial charge in [0.1, 0.15) is 5.69 Å². The van der Waals surface area contributed by atoms with Crippen molar-refractivity contribution in [2.45, 2.75) is 33.6 Å². The number of morpholine rings is 1. The highest BCUT2D eigenvalue weighted by molar-refractivity contribution is 5.89. The van der Waals surface area contributed by atoms with E-state index in [1.807, 2.05) is 25.2 Å². The van der Waals surface area contributed by atoms with Crippen molar-refractivity contribution in [3.63, 3.8) is 0 Å². The molecule has 0 bridgehead atoms. The lowest BCUT2D eigenvalue weighted by atomic mass is 9.97. The van der Waals surface area contributed by atoms with E-state index in [-0.39, 0.29) is 5.56 Å². The van der Waals surface area contributed by atoms with Gasteiger partial charge in [0, 0.05) is 36.9 Å². The van der Waals surface area contributed by atoms with Crippen molar-refractivity contribution in [3.8, 4) is 0 Å². The Kier molecular flexibility index (Phi) is 7.53. The van der Waals surface area contributed by atoms with Gasteiger partial charge in [-0.3, -0.25) is 4.79 Å². The van der Waals surface area contributed by atoms with Gasteiger partial charge in [-0.1, -0.05) is 37.6 Å². The molecule has 5 nitrogen and oxygen atoms in total. The first-order chi connectivity index (χ1) is 16.5. The number of anilines is 3. The van der Waals surface area contributed by atoms with Crippen LogP contribution in [0.1, 0.15) is 39.2 Å². The summed E-state index contributed by atoms with van der Waals surface area (Å²) in [5.41, 5.74) is 7.33. The van der Waals surface area contributed by atoms with Crippen molar-refractivity contribution in [2.75, 3.05) is 36.5 Å². The number of allylic oxidation sites excluding steroid dienone is 4. The Bertz CT molecular complexity index is 1260. The predicted octanol–water partition coefficient (Wildman–Crippen LogP) is 6.27. The molecule has 0 saturated carbocycles. The quantitative estimate of drug-likeness (QED) is 0.425. The van der Waals surface area contributed by atoms with E-state index in [2.05, 4.69) is 73.5 Å². The van der Waals surface area contributed by atoms with Crippen LogP contribution in [0.5, 0.6) is 0 Å². The lowest BCUT2D eigenvalue weighted by Gasteiger charge is -2.28. The SMILES string of the molecule is CC/C=C\C(=C(/C)CC)c1ccc2c(c1)cc(Nc1ccc(N3CCOCC3)cc1)c(=O)n2C. The van der Waals surface area contributed by atoms with E-state index in [0.717, 1.165) is 55.7 Å². The largest absolute Gasteiger partial charge is 0.378 e. The average molecular weight is 458 g/mol. The molecule has 0 atom stereocenters. The maximum atomic E-state index is 13.1. The summed E-state index contributed by atoms with van der Waals surface area (Å²) in [5, 5.41) is 4.39. The third kappa shape index (κ3) is 5.10. The molecule has 0 spiro atoms. The van der Waals surface area contributed by atoms with E-state index in [0.29, 0.717) is 5.69 Å². The molecule has 34 heavy (non-hydrogen) atoms. The van der Waals surface area contributed by atoms with Gasteiger partial charge >= 0.3 is 0 Å². The molecule has 0 aliphatic carbocycles. The van der Waals surface area contributed by atoms with Gasteiger partial charge in [0.25, 0.3) is 5.56 Å². The summed E-state index contributed by atoms with van der Waals surface area (Å²) in [7, 11) is 1.84. The summed E-state index contributed by atoms with van der Waals surface area (Å²) < 4.78 is 7.17. The molecular formula is C29H35N3O2. The lowest BCUT2D eigenvalue weighted by molar-refractivity contribution is 0.122. The third-order valence-electron chi connectivity index (χ3n) is 6.57. The summed E-state index contributed by atoms with van der Waals surface area (Å²) in [4.78, 5) is 15.4. The van der Waals surface area contributed by atoms with Crippen LogP contribution in [-0.4, -0.2) is 30.9 Å². The molecule has 1 fully saturated rings. The van der Waals surface area contributed by atoms with Crippen LogP contribution >= 0.6 is 0 Å². The summed E-state index contributed by atoms with van der Waals surface area (Å²) in [5.74, 6) is 0. The minimum absolute atomic E-state index is 0.0381. The number of nitrogens with one attached hydrogen (secondary N) is 1. The van der Waals surface area contributed by atoms with E-state index >= 15 is 0 Å².